The van der Waals surface area contributed by atoms with Crippen LogP contribution in [0.5, 0.6) is 0 Å². The number of rotatable bonds is 8. The molecule has 1 unspecified atom stereocenters. The molecule has 17 rings (SSSR count). The van der Waals surface area contributed by atoms with Crippen molar-refractivity contribution in [3.8, 4) is 44.5 Å². The number of nitrogens with zero attached hydrogens (tertiary/aromatic N) is 2. The Hall–Kier alpha value is -9.47. The van der Waals surface area contributed by atoms with Gasteiger partial charge in [0.05, 0.1) is 35.1 Å². The maximum Gasteiger partial charge on any atom is 0.159 e. The van der Waals surface area contributed by atoms with E-state index in [-0.39, 0.29) is 9.52 Å². The first kappa shape index (κ1) is 45.5. The molecule has 2 heterocycles. The molecule has 3 aliphatic carbocycles. The Morgan fingerprint density at radius 1 is 0.362 bits per heavy atom. The van der Waals surface area contributed by atoms with Gasteiger partial charge in [0.25, 0.3) is 0 Å². The van der Waals surface area contributed by atoms with E-state index in [2.05, 4.69) is 272 Å². The minimum Gasteiger partial charge on any atom is -0.454 e. The van der Waals surface area contributed by atoms with Crippen LogP contribution in [0.2, 0.25) is 19.6 Å². The molecule has 1 atom stereocenters. The van der Waals surface area contributed by atoms with Crippen LogP contribution in [0.4, 0.5) is 34.1 Å². The summed E-state index contributed by atoms with van der Waals surface area (Å²) in [5.41, 5.74) is 24.5. The van der Waals surface area contributed by atoms with Gasteiger partial charge in [-0.15, -0.1) is 0 Å². The van der Waals surface area contributed by atoms with Crippen molar-refractivity contribution in [1.29, 1.82) is 0 Å². The van der Waals surface area contributed by atoms with E-state index in [1.807, 2.05) is 0 Å². The number of anilines is 6. The SMILES string of the molecule is C[SiH2]c1ccc(N(c2ccc3c(c2)C2(c4cc(N(c5ccc([SiH](C)C)cc5)c5cccc6c5oc5ccccc56)ccc4-3)c3ccccc3-c3c2cc2c4c(cccc34)-c3ccccc3-2)c2cccc3c2oc2ccccc23)cc1. The van der Waals surface area contributed by atoms with Gasteiger partial charge in [-0.25, -0.2) is 0 Å². The second kappa shape index (κ2) is 17.0. The molecule has 14 aromatic rings. The molecule has 1 spiro atoms. The van der Waals surface area contributed by atoms with Gasteiger partial charge in [-0.05, 0) is 156 Å². The van der Waals surface area contributed by atoms with E-state index in [9.17, 15) is 0 Å². The topological polar surface area (TPSA) is 32.8 Å². The van der Waals surface area contributed by atoms with E-state index in [1.165, 1.54) is 87.9 Å². The summed E-state index contributed by atoms with van der Waals surface area (Å²) in [6, 6.07) is 91.2. The summed E-state index contributed by atoms with van der Waals surface area (Å²) in [7, 11) is -1.46. The summed E-state index contributed by atoms with van der Waals surface area (Å²) < 4.78 is 13.8. The largest absolute Gasteiger partial charge is 0.454 e. The van der Waals surface area contributed by atoms with Crippen molar-refractivity contribution >= 4 is 117 Å². The summed E-state index contributed by atoms with van der Waals surface area (Å²) in [5, 5.41) is 9.93. The minimum atomic E-state index is -1.08. The average molecular weight is 1060 g/mol. The molecule has 3 aliphatic rings. The van der Waals surface area contributed by atoms with Crippen LogP contribution in [0.3, 0.4) is 0 Å². The van der Waals surface area contributed by atoms with E-state index in [0.717, 1.165) is 78.0 Å². The molecule has 0 radical (unpaired) electrons. The molecule has 2 aromatic heterocycles. The predicted molar refractivity (Wildman–Crippen MR) is 341 cm³/mol. The second-order valence-electron chi connectivity index (χ2n) is 22.3. The molecule has 0 amide bonds. The van der Waals surface area contributed by atoms with E-state index >= 15 is 0 Å². The lowest BCUT2D eigenvalue weighted by Crippen LogP contribution is -2.27. The van der Waals surface area contributed by atoms with E-state index < -0.39 is 14.2 Å². The zero-order valence-electron chi connectivity index (χ0n) is 44.6. The fraction of sp³-hybridized carbons (Fsp3) is 0.0541. The fourth-order valence-electron chi connectivity index (χ4n) is 14.4. The van der Waals surface area contributed by atoms with Crippen LogP contribution in [0, 0.1) is 0 Å². The summed E-state index contributed by atoms with van der Waals surface area (Å²) >= 11 is 0. The third-order valence-corrected chi connectivity index (χ3v) is 21.0. The minimum absolute atomic E-state index is 0.378. The van der Waals surface area contributed by atoms with Crippen molar-refractivity contribution in [3.63, 3.8) is 0 Å². The number of fused-ring (bicyclic) bond motifs is 20. The zero-order valence-corrected chi connectivity index (χ0v) is 47.2. The summed E-state index contributed by atoms with van der Waals surface area (Å²) in [4.78, 5) is 4.89. The second-order valence-corrected chi connectivity index (χ2v) is 26.8. The van der Waals surface area contributed by atoms with Crippen LogP contribution in [-0.4, -0.2) is 18.3 Å². The van der Waals surface area contributed by atoms with E-state index in [4.69, 9.17) is 8.83 Å². The molecule has 0 fully saturated rings. The molecule has 0 aliphatic heterocycles. The van der Waals surface area contributed by atoms with Gasteiger partial charge in [-0.1, -0.05) is 194 Å². The highest BCUT2D eigenvalue weighted by atomic mass is 28.3. The van der Waals surface area contributed by atoms with Crippen molar-refractivity contribution in [2.75, 3.05) is 9.80 Å². The van der Waals surface area contributed by atoms with Crippen molar-refractivity contribution in [3.05, 3.63) is 265 Å². The van der Waals surface area contributed by atoms with Crippen molar-refractivity contribution in [2.45, 2.75) is 25.1 Å². The lowest BCUT2D eigenvalue weighted by atomic mass is 9.70. The first-order valence-electron chi connectivity index (χ1n) is 28.1. The van der Waals surface area contributed by atoms with E-state index in [1.54, 1.807) is 0 Å². The Kier molecular flexibility index (Phi) is 9.69. The highest BCUT2D eigenvalue weighted by Crippen LogP contribution is 2.67. The van der Waals surface area contributed by atoms with Crippen LogP contribution in [0.25, 0.3) is 99.2 Å². The van der Waals surface area contributed by atoms with Gasteiger partial charge >= 0.3 is 0 Å². The Bertz CT molecular complexity index is 4940. The maximum atomic E-state index is 6.92. The smallest absolute Gasteiger partial charge is 0.159 e. The quantitative estimate of drug-likeness (QED) is 0.142. The van der Waals surface area contributed by atoms with Crippen LogP contribution in [0.1, 0.15) is 22.3 Å². The number of furan rings is 2. The normalized spacial score (nSPS) is 14.6. The third kappa shape index (κ3) is 6.20. The molecular weight excluding hydrogens is 1000 g/mol. The first-order chi connectivity index (χ1) is 39.5. The zero-order chi connectivity index (χ0) is 53.0. The van der Waals surface area contributed by atoms with Crippen molar-refractivity contribution in [2.24, 2.45) is 0 Å². The van der Waals surface area contributed by atoms with Crippen molar-refractivity contribution in [1.82, 2.24) is 0 Å². The molecule has 4 nitrogen and oxygen atoms in total. The number of hydrogen-bond donors (Lipinski definition) is 0. The number of hydrogen-bond acceptors (Lipinski definition) is 4. The Balaban J connectivity index is 0.973. The van der Waals surface area contributed by atoms with Gasteiger partial charge in [-0.3, -0.25) is 0 Å². The van der Waals surface area contributed by atoms with Crippen LogP contribution in [0.15, 0.2) is 251 Å². The maximum absolute atomic E-state index is 6.92. The van der Waals surface area contributed by atoms with Gasteiger partial charge < -0.3 is 18.6 Å². The molecule has 0 bridgehead atoms. The van der Waals surface area contributed by atoms with Crippen molar-refractivity contribution < 1.29 is 8.83 Å². The summed E-state index contributed by atoms with van der Waals surface area (Å²) in [5.74, 6) is 0. The monoisotopic (exact) mass is 1060 g/mol. The average Bonchev–Trinajstić information content (AvgIpc) is 4.37. The highest BCUT2D eigenvalue weighted by molar-refractivity contribution is 6.70. The Labute approximate surface area is 467 Å². The molecule has 6 heteroatoms. The number of benzene rings is 12. The van der Waals surface area contributed by atoms with Gasteiger partial charge in [0.2, 0.25) is 0 Å². The molecule has 0 N–H and O–H groups in total. The molecule has 12 aromatic carbocycles. The predicted octanol–water partition coefficient (Wildman–Crippen LogP) is 18.1. The van der Waals surface area contributed by atoms with Crippen LogP contribution < -0.4 is 20.2 Å². The third-order valence-electron chi connectivity index (χ3n) is 18.0. The van der Waals surface area contributed by atoms with E-state index in [0.29, 0.717) is 0 Å². The van der Waals surface area contributed by atoms with Gasteiger partial charge in [0, 0.05) is 44.3 Å². The Morgan fingerprint density at radius 3 is 1.43 bits per heavy atom. The summed E-state index contributed by atoms with van der Waals surface area (Å²) in [6.07, 6.45) is 0. The number of para-hydroxylation sites is 4. The van der Waals surface area contributed by atoms with Gasteiger partial charge in [0.1, 0.15) is 11.2 Å². The van der Waals surface area contributed by atoms with Gasteiger partial charge in [0.15, 0.2) is 11.2 Å². The highest BCUT2D eigenvalue weighted by Gasteiger charge is 2.53. The molecular formula is C74H52N2O2Si2. The summed E-state index contributed by atoms with van der Waals surface area (Å²) in [6.45, 7) is 7.16. The molecule has 0 saturated carbocycles. The standard InChI is InChI=1S/C74H52N2O2Si2/c1-79-48-35-29-44(30-36-48)75(66-25-13-21-57-54-17-7-10-27-68(54)77-72(57)66)46-33-39-52-53-40-34-47(76(45-31-37-49(38-32-45)80(2)3)67-26-14-22-58-55-18-8-11-28-69(55)78-73(58)67)42-64(53)74(63(52)41-46)62-24-9-6-19-59(62)71-60-23-12-20-56-50-15-4-5-16-51(50)61(70(56)60)43-65(71)74/h4-43,80H,79H2,1-3H3. The molecule has 0 saturated heterocycles. The van der Waals surface area contributed by atoms with Crippen LogP contribution in [-0.2, 0) is 5.41 Å². The van der Waals surface area contributed by atoms with Crippen LogP contribution >= 0.6 is 0 Å². The molecule has 80 heavy (non-hydrogen) atoms. The van der Waals surface area contributed by atoms with Gasteiger partial charge in [-0.2, -0.15) is 0 Å². The lowest BCUT2D eigenvalue weighted by Gasteiger charge is -2.33. The first-order valence-corrected chi connectivity index (χ1v) is 33.2. The Morgan fingerprint density at radius 2 is 0.838 bits per heavy atom. The lowest BCUT2D eigenvalue weighted by molar-refractivity contribution is 0.668. The molecule has 378 valence electrons. The fourth-order valence-corrected chi connectivity index (χ4v) is 16.0.